The van der Waals surface area contributed by atoms with Crippen LogP contribution in [0.4, 0.5) is 11.6 Å². The Hall–Kier alpha value is -0.710. The third-order valence-corrected chi connectivity index (χ3v) is 3.11. The summed E-state index contributed by atoms with van der Waals surface area (Å²) < 4.78 is 5.27. The highest BCUT2D eigenvalue weighted by Gasteiger charge is 2.16. The zero-order valence-corrected chi connectivity index (χ0v) is 10.2. The topological polar surface area (TPSA) is 60.2 Å². The van der Waals surface area contributed by atoms with Gasteiger partial charge in [-0.3, -0.25) is 0 Å². The molecular weight excluding hydrogens is 249 g/mol. The van der Waals surface area contributed by atoms with E-state index >= 15 is 0 Å². The molecule has 1 aromatic heterocycles. The van der Waals surface area contributed by atoms with Crippen molar-refractivity contribution in [3.8, 4) is 0 Å². The highest BCUT2D eigenvalue weighted by Crippen LogP contribution is 2.28. The van der Waals surface area contributed by atoms with E-state index in [0.717, 1.165) is 26.1 Å². The van der Waals surface area contributed by atoms with E-state index in [1.54, 1.807) is 6.07 Å². The number of nitrogen functional groups attached to an aromatic ring is 1. The van der Waals surface area contributed by atoms with Gasteiger partial charge in [-0.2, -0.15) is 0 Å². The monoisotopic (exact) mass is 261 g/mol. The molecule has 0 radical (unpaired) electrons. The summed E-state index contributed by atoms with van der Waals surface area (Å²) in [5.74, 6) is 0.885. The predicted octanol–water partition coefficient (Wildman–Crippen LogP) is 2.56. The van der Waals surface area contributed by atoms with Crippen LogP contribution >= 0.6 is 23.2 Å². The first-order valence-electron chi connectivity index (χ1n) is 5.12. The molecule has 1 fully saturated rings. The van der Waals surface area contributed by atoms with E-state index in [-0.39, 0.29) is 0 Å². The van der Waals surface area contributed by atoms with Crippen molar-refractivity contribution in [3.63, 3.8) is 0 Å². The predicted molar refractivity (Wildman–Crippen MR) is 66.1 cm³/mol. The molecule has 0 atom stereocenters. The number of ether oxygens (including phenoxy) is 1. The minimum absolute atomic E-state index is 0.292. The number of anilines is 2. The van der Waals surface area contributed by atoms with Gasteiger partial charge < -0.3 is 15.8 Å². The van der Waals surface area contributed by atoms with Crippen molar-refractivity contribution in [2.75, 3.05) is 24.3 Å². The van der Waals surface area contributed by atoms with E-state index < -0.39 is 0 Å². The van der Waals surface area contributed by atoms with E-state index in [0.29, 0.717) is 27.7 Å². The van der Waals surface area contributed by atoms with Crippen molar-refractivity contribution < 1.29 is 4.74 Å². The van der Waals surface area contributed by atoms with E-state index in [2.05, 4.69) is 10.3 Å². The molecule has 2 heterocycles. The van der Waals surface area contributed by atoms with Gasteiger partial charge in [0.15, 0.2) is 0 Å². The normalized spacial score (nSPS) is 17.4. The fraction of sp³-hybridized carbons (Fsp3) is 0.500. The second-order valence-electron chi connectivity index (χ2n) is 3.72. The van der Waals surface area contributed by atoms with Gasteiger partial charge in [0.1, 0.15) is 11.6 Å². The molecule has 1 aliphatic heterocycles. The van der Waals surface area contributed by atoms with Gasteiger partial charge in [-0.1, -0.05) is 23.2 Å². The third-order valence-electron chi connectivity index (χ3n) is 2.52. The molecule has 0 aromatic carbocycles. The number of hydrogen-bond donors (Lipinski definition) is 2. The molecule has 6 heteroatoms. The Bertz CT molecular complexity index is 381. The van der Waals surface area contributed by atoms with Crippen LogP contribution in [0.25, 0.3) is 0 Å². The fourth-order valence-electron chi connectivity index (χ4n) is 1.62. The average Bonchev–Trinajstić information content (AvgIpc) is 2.27. The standard InChI is InChI=1S/C10H13Cl2N3O/c11-7-5-8(12)10(15-9(7)13)14-6-1-3-16-4-2-6/h5-6H,1-4H2,(H3,13,14,15). The van der Waals surface area contributed by atoms with Crippen LogP contribution in [0, 0.1) is 0 Å². The van der Waals surface area contributed by atoms with E-state index in [1.807, 2.05) is 0 Å². The number of halogens is 2. The fourth-order valence-corrected chi connectivity index (χ4v) is 2.03. The third kappa shape index (κ3) is 2.70. The number of rotatable bonds is 2. The maximum atomic E-state index is 6.02. The smallest absolute Gasteiger partial charge is 0.147 e. The minimum atomic E-state index is 0.292. The minimum Gasteiger partial charge on any atom is -0.382 e. The summed E-state index contributed by atoms with van der Waals surface area (Å²) in [6.45, 7) is 1.52. The summed E-state index contributed by atoms with van der Waals surface area (Å²) in [5.41, 5.74) is 5.63. The molecule has 0 bridgehead atoms. The summed E-state index contributed by atoms with van der Waals surface area (Å²) in [6.07, 6.45) is 1.89. The van der Waals surface area contributed by atoms with Gasteiger partial charge in [0.2, 0.25) is 0 Å². The Balaban J connectivity index is 2.11. The molecule has 0 amide bonds. The Kier molecular flexibility index (Phi) is 3.74. The maximum absolute atomic E-state index is 6.02. The summed E-state index contributed by atoms with van der Waals surface area (Å²) >= 11 is 11.8. The lowest BCUT2D eigenvalue weighted by Gasteiger charge is -2.24. The SMILES string of the molecule is Nc1nc(NC2CCOCC2)c(Cl)cc1Cl. The molecule has 3 N–H and O–H groups in total. The van der Waals surface area contributed by atoms with Crippen molar-refractivity contribution in [2.45, 2.75) is 18.9 Å². The summed E-state index contributed by atoms with van der Waals surface area (Å²) in [7, 11) is 0. The molecule has 1 aromatic rings. The zero-order chi connectivity index (χ0) is 11.5. The van der Waals surface area contributed by atoms with Crippen LogP contribution in [0.1, 0.15) is 12.8 Å². The number of aromatic nitrogens is 1. The van der Waals surface area contributed by atoms with Crippen molar-refractivity contribution in [3.05, 3.63) is 16.1 Å². The molecule has 1 saturated heterocycles. The molecule has 0 saturated carbocycles. The zero-order valence-electron chi connectivity index (χ0n) is 8.67. The number of hydrogen-bond acceptors (Lipinski definition) is 4. The quantitative estimate of drug-likeness (QED) is 0.859. The van der Waals surface area contributed by atoms with Crippen molar-refractivity contribution >= 4 is 34.8 Å². The van der Waals surface area contributed by atoms with Crippen LogP contribution < -0.4 is 11.1 Å². The number of pyridine rings is 1. The first-order valence-corrected chi connectivity index (χ1v) is 5.88. The van der Waals surface area contributed by atoms with Crippen LogP contribution in [0.15, 0.2) is 6.07 Å². The maximum Gasteiger partial charge on any atom is 0.147 e. The van der Waals surface area contributed by atoms with E-state index in [4.69, 9.17) is 33.7 Å². The largest absolute Gasteiger partial charge is 0.382 e. The Morgan fingerprint density at radius 2 is 2.00 bits per heavy atom. The summed E-state index contributed by atoms with van der Waals surface area (Å²) in [6, 6.07) is 1.94. The highest BCUT2D eigenvalue weighted by atomic mass is 35.5. The lowest BCUT2D eigenvalue weighted by Crippen LogP contribution is -2.28. The summed E-state index contributed by atoms with van der Waals surface area (Å²) in [4.78, 5) is 4.13. The molecule has 16 heavy (non-hydrogen) atoms. The molecule has 4 nitrogen and oxygen atoms in total. The van der Waals surface area contributed by atoms with Gasteiger partial charge >= 0.3 is 0 Å². The first-order chi connectivity index (χ1) is 7.66. The lowest BCUT2D eigenvalue weighted by molar-refractivity contribution is 0.0904. The average molecular weight is 262 g/mol. The number of nitrogens with one attached hydrogen (secondary N) is 1. The second kappa shape index (κ2) is 5.08. The number of nitrogens with zero attached hydrogens (tertiary/aromatic N) is 1. The van der Waals surface area contributed by atoms with Crippen LogP contribution in [0.5, 0.6) is 0 Å². The van der Waals surface area contributed by atoms with Crippen molar-refractivity contribution in [1.82, 2.24) is 4.98 Å². The van der Waals surface area contributed by atoms with Crippen LogP contribution in [-0.2, 0) is 4.74 Å². The van der Waals surface area contributed by atoms with Crippen LogP contribution in [0.3, 0.4) is 0 Å². The molecular formula is C10H13Cl2N3O. The molecule has 0 aliphatic carbocycles. The highest BCUT2D eigenvalue weighted by molar-refractivity contribution is 6.37. The van der Waals surface area contributed by atoms with Gasteiger partial charge in [0.05, 0.1) is 10.0 Å². The Labute approximate surface area is 104 Å². The molecule has 1 aliphatic rings. The van der Waals surface area contributed by atoms with Gasteiger partial charge in [-0.25, -0.2) is 4.98 Å². The Morgan fingerprint density at radius 3 is 2.69 bits per heavy atom. The molecule has 0 spiro atoms. The van der Waals surface area contributed by atoms with Crippen molar-refractivity contribution in [2.24, 2.45) is 0 Å². The number of nitrogens with two attached hydrogens (primary N) is 1. The summed E-state index contributed by atoms with van der Waals surface area (Å²) in [5, 5.41) is 4.12. The Morgan fingerprint density at radius 1 is 1.31 bits per heavy atom. The van der Waals surface area contributed by atoms with Crippen molar-refractivity contribution in [1.29, 1.82) is 0 Å². The molecule has 88 valence electrons. The first kappa shape index (κ1) is 11.8. The van der Waals surface area contributed by atoms with Gasteiger partial charge in [0.25, 0.3) is 0 Å². The van der Waals surface area contributed by atoms with E-state index in [9.17, 15) is 0 Å². The van der Waals surface area contributed by atoms with E-state index in [1.165, 1.54) is 0 Å². The second-order valence-corrected chi connectivity index (χ2v) is 4.53. The lowest BCUT2D eigenvalue weighted by atomic mass is 10.1. The van der Waals surface area contributed by atoms with Gasteiger partial charge in [0, 0.05) is 19.3 Å². The van der Waals surface area contributed by atoms with Gasteiger partial charge in [-0.05, 0) is 18.9 Å². The van der Waals surface area contributed by atoms with Crippen LogP contribution in [-0.4, -0.2) is 24.2 Å². The van der Waals surface area contributed by atoms with Crippen LogP contribution in [0.2, 0.25) is 10.0 Å². The molecule has 0 unspecified atom stereocenters. The molecule has 2 rings (SSSR count). The van der Waals surface area contributed by atoms with Gasteiger partial charge in [-0.15, -0.1) is 0 Å².